The molecule has 1 fully saturated rings. The van der Waals surface area contributed by atoms with Gasteiger partial charge in [-0.15, -0.1) is 0 Å². The maximum Gasteiger partial charge on any atom is 0.317 e. The normalized spacial score (nSPS) is 26.9. The number of hydrogen-bond acceptors (Lipinski definition) is 2. The van der Waals surface area contributed by atoms with Crippen molar-refractivity contribution in [3.8, 4) is 0 Å². The van der Waals surface area contributed by atoms with E-state index < -0.39 is 11.9 Å². The highest BCUT2D eigenvalue weighted by Gasteiger charge is 2.35. The predicted octanol–water partition coefficient (Wildman–Crippen LogP) is 2.04. The number of benzene rings is 1. The molecule has 2 aliphatic rings. The fourth-order valence-electron chi connectivity index (χ4n) is 2.99. The van der Waals surface area contributed by atoms with Crippen molar-refractivity contribution in [2.24, 2.45) is 11.8 Å². The molecular weight excluding hydrogens is 268 g/mol. The van der Waals surface area contributed by atoms with Crippen LogP contribution in [0, 0.1) is 11.8 Å². The van der Waals surface area contributed by atoms with Crippen LogP contribution in [-0.4, -0.2) is 35.1 Å². The number of carbonyl (C=O) groups excluding carboxylic acids is 1. The molecule has 0 aromatic heterocycles. The van der Waals surface area contributed by atoms with Gasteiger partial charge in [-0.25, -0.2) is 4.79 Å². The van der Waals surface area contributed by atoms with Gasteiger partial charge >= 0.3 is 12.0 Å². The van der Waals surface area contributed by atoms with Gasteiger partial charge in [0, 0.05) is 19.6 Å². The Morgan fingerprint density at radius 1 is 1.38 bits per heavy atom. The summed E-state index contributed by atoms with van der Waals surface area (Å²) in [5, 5.41) is 12.3. The van der Waals surface area contributed by atoms with Crippen molar-refractivity contribution in [3.05, 3.63) is 35.4 Å². The van der Waals surface area contributed by atoms with Crippen LogP contribution in [0.3, 0.4) is 0 Å². The van der Waals surface area contributed by atoms with E-state index in [1.165, 1.54) is 6.42 Å². The first-order valence-corrected chi connectivity index (χ1v) is 7.39. The number of nitrogens with one attached hydrogen (secondary N) is 1. The van der Waals surface area contributed by atoms with Gasteiger partial charge in [0.15, 0.2) is 0 Å². The van der Waals surface area contributed by atoms with Crippen LogP contribution in [0.25, 0.3) is 0 Å². The molecule has 1 aromatic rings. The van der Waals surface area contributed by atoms with Gasteiger partial charge in [0.2, 0.25) is 0 Å². The van der Waals surface area contributed by atoms with E-state index in [1.807, 2.05) is 24.3 Å². The molecule has 1 aliphatic carbocycles. The zero-order valence-electron chi connectivity index (χ0n) is 12.1. The Labute approximate surface area is 123 Å². The summed E-state index contributed by atoms with van der Waals surface area (Å²) in [6, 6.07) is 7.31. The molecule has 1 heterocycles. The summed E-state index contributed by atoms with van der Waals surface area (Å²) in [6.07, 6.45) is 1.17. The third kappa shape index (κ3) is 2.86. The second kappa shape index (κ2) is 5.39. The van der Waals surface area contributed by atoms with Crippen LogP contribution in [-0.2, 0) is 11.3 Å². The van der Waals surface area contributed by atoms with Crippen LogP contribution < -0.4 is 5.32 Å². The zero-order chi connectivity index (χ0) is 15.0. The molecule has 21 heavy (non-hydrogen) atoms. The first-order valence-electron chi connectivity index (χ1n) is 7.39. The minimum Gasteiger partial charge on any atom is -0.481 e. The molecule has 0 bridgehead atoms. The third-order valence-electron chi connectivity index (χ3n) is 4.57. The largest absolute Gasteiger partial charge is 0.481 e. The van der Waals surface area contributed by atoms with Crippen LogP contribution in [0.4, 0.5) is 4.79 Å². The highest BCUT2D eigenvalue weighted by atomic mass is 16.4. The lowest BCUT2D eigenvalue weighted by atomic mass is 9.90. The molecule has 0 saturated heterocycles. The minimum absolute atomic E-state index is 0.158. The average molecular weight is 288 g/mol. The van der Waals surface area contributed by atoms with E-state index in [0.29, 0.717) is 24.9 Å². The zero-order valence-corrected chi connectivity index (χ0v) is 12.1. The van der Waals surface area contributed by atoms with E-state index in [9.17, 15) is 14.7 Å². The number of fused-ring (bicyclic) bond motifs is 1. The molecule has 3 atom stereocenters. The summed E-state index contributed by atoms with van der Waals surface area (Å²) >= 11 is 0. The highest BCUT2D eigenvalue weighted by Crippen LogP contribution is 2.37. The van der Waals surface area contributed by atoms with Gasteiger partial charge in [-0.05, 0) is 29.4 Å². The Morgan fingerprint density at radius 3 is 2.76 bits per heavy atom. The van der Waals surface area contributed by atoms with Gasteiger partial charge in [-0.3, -0.25) is 4.79 Å². The number of carboxylic acid groups (broad SMARTS) is 1. The predicted molar refractivity (Wildman–Crippen MR) is 77.9 cm³/mol. The third-order valence-corrected chi connectivity index (χ3v) is 4.57. The first kappa shape index (κ1) is 13.9. The first-order chi connectivity index (χ1) is 10.1. The molecule has 3 rings (SSSR count). The number of carbonyl (C=O) groups is 2. The van der Waals surface area contributed by atoms with E-state index in [0.717, 1.165) is 11.1 Å². The maximum atomic E-state index is 12.2. The van der Waals surface area contributed by atoms with Gasteiger partial charge in [-0.1, -0.05) is 31.2 Å². The molecule has 5 nitrogen and oxygen atoms in total. The van der Waals surface area contributed by atoms with Gasteiger partial charge in [-0.2, -0.15) is 0 Å². The van der Waals surface area contributed by atoms with Crippen molar-refractivity contribution in [1.29, 1.82) is 0 Å². The van der Waals surface area contributed by atoms with Crippen LogP contribution in [0.1, 0.15) is 30.4 Å². The van der Waals surface area contributed by atoms with Crippen molar-refractivity contribution in [1.82, 2.24) is 10.2 Å². The smallest absolute Gasteiger partial charge is 0.317 e. The number of hydrogen-bond donors (Lipinski definition) is 2. The van der Waals surface area contributed by atoms with E-state index in [4.69, 9.17) is 0 Å². The molecule has 1 saturated carbocycles. The second-order valence-electron chi connectivity index (χ2n) is 6.13. The fourth-order valence-corrected chi connectivity index (χ4v) is 2.99. The molecule has 1 aliphatic heterocycles. The van der Waals surface area contributed by atoms with Crippen LogP contribution in [0.2, 0.25) is 0 Å². The van der Waals surface area contributed by atoms with Crippen molar-refractivity contribution in [2.45, 2.75) is 25.8 Å². The lowest BCUT2D eigenvalue weighted by Crippen LogP contribution is -2.46. The number of aliphatic carboxylic acids is 1. The van der Waals surface area contributed by atoms with Crippen molar-refractivity contribution < 1.29 is 14.7 Å². The van der Waals surface area contributed by atoms with Crippen molar-refractivity contribution >= 4 is 12.0 Å². The molecular formula is C16H20N2O3. The Hall–Kier alpha value is -2.04. The number of amides is 2. The van der Waals surface area contributed by atoms with Gasteiger partial charge in [0.05, 0.1) is 5.92 Å². The quantitative estimate of drug-likeness (QED) is 0.894. The monoisotopic (exact) mass is 288 g/mol. The molecule has 0 spiro atoms. The number of urea groups is 1. The maximum absolute atomic E-state index is 12.2. The summed E-state index contributed by atoms with van der Waals surface area (Å²) in [4.78, 5) is 25.3. The van der Waals surface area contributed by atoms with Crippen LogP contribution in [0.5, 0.6) is 0 Å². The van der Waals surface area contributed by atoms with Crippen LogP contribution >= 0.6 is 0 Å². The molecule has 1 aromatic carbocycles. The number of nitrogens with zero attached hydrogens (tertiary/aromatic N) is 1. The Kier molecular flexibility index (Phi) is 3.57. The standard InChI is InChI=1S/C16H20N2O3/c1-10-6-12(10)7-17-16(21)18-8-11-4-2-3-5-13(11)14(9-18)15(19)20/h2-5,10,12,14H,6-9H2,1H3,(H,17,21)(H,19,20). The minimum atomic E-state index is -0.879. The van der Waals surface area contributed by atoms with Crippen LogP contribution in [0.15, 0.2) is 24.3 Å². The Morgan fingerprint density at radius 2 is 2.10 bits per heavy atom. The summed E-state index contributed by atoms with van der Waals surface area (Å²) < 4.78 is 0. The molecule has 5 heteroatoms. The van der Waals surface area contributed by atoms with E-state index in [2.05, 4.69) is 12.2 Å². The van der Waals surface area contributed by atoms with Gasteiger partial charge in [0.1, 0.15) is 0 Å². The molecule has 2 N–H and O–H groups in total. The Bertz CT molecular complexity index is 572. The fraction of sp³-hybridized carbons (Fsp3) is 0.500. The number of carboxylic acids is 1. The van der Waals surface area contributed by atoms with Crippen molar-refractivity contribution in [2.75, 3.05) is 13.1 Å². The highest BCUT2D eigenvalue weighted by molar-refractivity contribution is 5.80. The molecule has 2 amide bonds. The lowest BCUT2D eigenvalue weighted by molar-refractivity contribution is -0.139. The lowest BCUT2D eigenvalue weighted by Gasteiger charge is -2.32. The van der Waals surface area contributed by atoms with Crippen molar-refractivity contribution in [3.63, 3.8) is 0 Å². The molecule has 3 unspecified atom stereocenters. The molecule has 112 valence electrons. The van der Waals surface area contributed by atoms with Gasteiger partial charge in [0.25, 0.3) is 0 Å². The van der Waals surface area contributed by atoms with E-state index in [-0.39, 0.29) is 12.6 Å². The molecule has 0 radical (unpaired) electrons. The second-order valence-corrected chi connectivity index (χ2v) is 6.13. The SMILES string of the molecule is CC1CC1CNC(=O)N1Cc2ccccc2C(C(=O)O)C1. The summed E-state index contributed by atoms with van der Waals surface area (Å²) in [7, 11) is 0. The van der Waals surface area contributed by atoms with E-state index >= 15 is 0 Å². The van der Waals surface area contributed by atoms with Gasteiger partial charge < -0.3 is 15.3 Å². The number of rotatable bonds is 3. The summed E-state index contributed by atoms with van der Waals surface area (Å²) in [5.41, 5.74) is 1.75. The van der Waals surface area contributed by atoms with E-state index in [1.54, 1.807) is 4.90 Å². The average Bonchev–Trinajstić information content (AvgIpc) is 3.19. The summed E-state index contributed by atoms with van der Waals surface area (Å²) in [6.45, 7) is 3.58. The summed E-state index contributed by atoms with van der Waals surface area (Å²) in [5.74, 6) is -0.239. The topological polar surface area (TPSA) is 69.6 Å². The Balaban J connectivity index is 1.70.